The molecule has 0 bridgehead atoms. The summed E-state index contributed by atoms with van der Waals surface area (Å²) < 4.78 is 1.01. The Labute approximate surface area is 136 Å². The van der Waals surface area contributed by atoms with Gasteiger partial charge in [-0.25, -0.2) is 9.36 Å². The lowest BCUT2D eigenvalue weighted by atomic mass is 10.3. The van der Waals surface area contributed by atoms with Gasteiger partial charge >= 0.3 is 5.69 Å². The van der Waals surface area contributed by atoms with E-state index in [9.17, 15) is 14.7 Å². The first-order valence-electron chi connectivity index (χ1n) is 7.18. The second-order valence-corrected chi connectivity index (χ2v) is 5.21. The van der Waals surface area contributed by atoms with Crippen molar-refractivity contribution in [2.75, 3.05) is 0 Å². The van der Waals surface area contributed by atoms with E-state index in [1.807, 2.05) is 0 Å². The molecular weight excluding hydrogens is 310 g/mol. The van der Waals surface area contributed by atoms with E-state index in [1.54, 1.807) is 44.2 Å². The molecule has 0 aliphatic carbocycles. The maximum atomic E-state index is 12.0. The van der Waals surface area contributed by atoms with Crippen LogP contribution in [-0.4, -0.2) is 31.1 Å². The number of H-pyrrole nitrogens is 2. The van der Waals surface area contributed by atoms with Crippen LogP contribution >= 0.6 is 0 Å². The smallest absolute Gasteiger partial charge is 0.335 e. The van der Waals surface area contributed by atoms with Crippen LogP contribution in [0.4, 0.5) is 5.69 Å². The number of aliphatic imine (C=N–C) groups is 1. The van der Waals surface area contributed by atoms with Gasteiger partial charge in [-0.1, -0.05) is 18.2 Å². The number of aromatic hydroxyl groups is 1. The molecule has 0 radical (unpaired) electrons. The summed E-state index contributed by atoms with van der Waals surface area (Å²) in [5.74, 6) is -0.475. The molecular formula is C16H15N5O3. The number of hydrogen-bond donors (Lipinski definition) is 3. The summed E-state index contributed by atoms with van der Waals surface area (Å²) in [6.07, 6.45) is 1.22. The summed E-state index contributed by atoms with van der Waals surface area (Å²) in [6, 6.07) is 8.51. The largest absolute Gasteiger partial charge is 0.493 e. The third-order valence-corrected chi connectivity index (χ3v) is 3.55. The van der Waals surface area contributed by atoms with Gasteiger partial charge in [0, 0.05) is 6.21 Å². The molecule has 2 heterocycles. The van der Waals surface area contributed by atoms with Crippen LogP contribution in [0.15, 0.2) is 44.9 Å². The third-order valence-electron chi connectivity index (χ3n) is 3.55. The van der Waals surface area contributed by atoms with E-state index in [1.165, 1.54) is 6.21 Å². The van der Waals surface area contributed by atoms with Crippen LogP contribution in [0, 0.1) is 13.8 Å². The molecule has 3 rings (SSSR count). The monoisotopic (exact) mass is 325 g/mol. The molecule has 0 saturated heterocycles. The standard InChI is InChI=1S/C16H15N5O3/c1-9-13(10(2)20-19-9)17-8-12-14(22)18-16(24)21(15(12)23)11-6-4-3-5-7-11/h3-8,23H,1-2H3,(H,19,20)(H,18,22,24). The first kappa shape index (κ1) is 15.5. The van der Waals surface area contributed by atoms with Gasteiger partial charge in [-0.2, -0.15) is 5.10 Å². The van der Waals surface area contributed by atoms with Crippen molar-refractivity contribution in [2.45, 2.75) is 13.8 Å². The normalized spacial score (nSPS) is 11.2. The Bertz CT molecular complexity index is 1010. The van der Waals surface area contributed by atoms with Crippen molar-refractivity contribution in [1.29, 1.82) is 0 Å². The maximum absolute atomic E-state index is 12.0. The molecule has 0 atom stereocenters. The molecule has 3 N–H and O–H groups in total. The van der Waals surface area contributed by atoms with Crippen molar-refractivity contribution in [3.8, 4) is 11.6 Å². The predicted molar refractivity (Wildman–Crippen MR) is 89.6 cm³/mol. The molecule has 0 spiro atoms. The van der Waals surface area contributed by atoms with Gasteiger partial charge in [0.05, 0.1) is 17.1 Å². The van der Waals surface area contributed by atoms with Crippen LogP contribution < -0.4 is 11.2 Å². The average Bonchev–Trinajstić information content (AvgIpc) is 2.87. The summed E-state index contributed by atoms with van der Waals surface area (Å²) in [5, 5.41) is 17.2. The quantitative estimate of drug-likeness (QED) is 0.630. The Morgan fingerprint density at radius 2 is 1.92 bits per heavy atom. The third kappa shape index (κ3) is 2.65. The van der Waals surface area contributed by atoms with Gasteiger partial charge in [-0.3, -0.25) is 19.9 Å². The number of aromatic nitrogens is 4. The van der Waals surface area contributed by atoms with Crippen LogP contribution in [0.2, 0.25) is 0 Å². The van der Waals surface area contributed by atoms with Gasteiger partial charge in [0.25, 0.3) is 5.56 Å². The molecule has 24 heavy (non-hydrogen) atoms. The van der Waals surface area contributed by atoms with E-state index in [2.05, 4.69) is 20.2 Å². The van der Waals surface area contributed by atoms with E-state index in [0.717, 1.165) is 10.3 Å². The number of aryl methyl sites for hydroxylation is 2. The molecule has 0 aliphatic rings. The van der Waals surface area contributed by atoms with Crippen LogP contribution in [0.25, 0.3) is 5.69 Å². The highest BCUT2D eigenvalue weighted by atomic mass is 16.3. The molecule has 0 unspecified atom stereocenters. The Morgan fingerprint density at radius 1 is 1.21 bits per heavy atom. The number of para-hydroxylation sites is 1. The molecule has 0 amide bonds. The van der Waals surface area contributed by atoms with Crippen LogP contribution in [-0.2, 0) is 0 Å². The molecule has 3 aromatic rings. The first-order valence-corrected chi connectivity index (χ1v) is 7.18. The number of rotatable bonds is 3. The topological polar surface area (TPSA) is 116 Å². The number of nitrogens with zero attached hydrogens (tertiary/aromatic N) is 3. The lowest BCUT2D eigenvalue weighted by Crippen LogP contribution is -2.31. The fourth-order valence-electron chi connectivity index (χ4n) is 2.34. The highest BCUT2D eigenvalue weighted by molar-refractivity contribution is 5.84. The fourth-order valence-corrected chi connectivity index (χ4v) is 2.34. The highest BCUT2D eigenvalue weighted by Gasteiger charge is 2.14. The van der Waals surface area contributed by atoms with Crippen molar-refractivity contribution < 1.29 is 5.11 Å². The molecule has 2 aromatic heterocycles. The molecule has 1 aromatic carbocycles. The zero-order valence-electron chi connectivity index (χ0n) is 13.1. The molecule has 0 aliphatic heterocycles. The molecule has 0 fully saturated rings. The number of aromatic amines is 2. The van der Waals surface area contributed by atoms with Crippen molar-refractivity contribution >= 4 is 11.9 Å². The van der Waals surface area contributed by atoms with E-state index < -0.39 is 17.1 Å². The van der Waals surface area contributed by atoms with Crippen LogP contribution in [0.3, 0.4) is 0 Å². The second-order valence-electron chi connectivity index (χ2n) is 5.21. The minimum Gasteiger partial charge on any atom is -0.493 e. The SMILES string of the molecule is Cc1n[nH]c(C)c1N=Cc1c(O)n(-c2ccccc2)c(=O)[nH]c1=O. The lowest BCUT2D eigenvalue weighted by Gasteiger charge is -2.09. The number of nitrogens with one attached hydrogen (secondary N) is 2. The Hall–Kier alpha value is -3.42. The summed E-state index contributed by atoms with van der Waals surface area (Å²) in [7, 11) is 0. The second kappa shape index (κ2) is 5.99. The average molecular weight is 325 g/mol. The van der Waals surface area contributed by atoms with E-state index in [4.69, 9.17) is 0 Å². The molecule has 8 nitrogen and oxygen atoms in total. The van der Waals surface area contributed by atoms with E-state index >= 15 is 0 Å². The van der Waals surface area contributed by atoms with Gasteiger partial charge < -0.3 is 5.11 Å². The highest BCUT2D eigenvalue weighted by Crippen LogP contribution is 2.21. The summed E-state index contributed by atoms with van der Waals surface area (Å²) >= 11 is 0. The number of benzene rings is 1. The van der Waals surface area contributed by atoms with E-state index in [-0.39, 0.29) is 5.56 Å². The Kier molecular flexibility index (Phi) is 3.87. The van der Waals surface area contributed by atoms with Gasteiger partial charge in [0.1, 0.15) is 11.3 Å². The maximum Gasteiger partial charge on any atom is 0.335 e. The molecule has 0 saturated carbocycles. The number of hydrogen-bond acceptors (Lipinski definition) is 5. The Morgan fingerprint density at radius 3 is 2.54 bits per heavy atom. The predicted octanol–water partition coefficient (Wildman–Crippen LogP) is 1.32. The molecule has 122 valence electrons. The minimum absolute atomic E-state index is 0.113. The summed E-state index contributed by atoms with van der Waals surface area (Å²) in [5.41, 5.74) is 0.849. The van der Waals surface area contributed by atoms with Crippen molar-refractivity contribution in [1.82, 2.24) is 19.7 Å². The minimum atomic E-state index is -0.725. The molecule has 8 heteroatoms. The first-order chi connectivity index (χ1) is 11.5. The van der Waals surface area contributed by atoms with Crippen molar-refractivity contribution in [3.05, 3.63) is 68.1 Å². The van der Waals surface area contributed by atoms with Gasteiger partial charge in [0.2, 0.25) is 5.88 Å². The summed E-state index contributed by atoms with van der Waals surface area (Å²) in [6.45, 7) is 3.56. The van der Waals surface area contributed by atoms with Crippen molar-refractivity contribution in [2.24, 2.45) is 4.99 Å². The van der Waals surface area contributed by atoms with Gasteiger partial charge in [-0.05, 0) is 26.0 Å². The lowest BCUT2D eigenvalue weighted by molar-refractivity contribution is 0.430. The van der Waals surface area contributed by atoms with E-state index in [0.29, 0.717) is 17.1 Å². The van der Waals surface area contributed by atoms with Crippen molar-refractivity contribution in [3.63, 3.8) is 0 Å². The van der Waals surface area contributed by atoms with Gasteiger partial charge in [0.15, 0.2) is 0 Å². The fraction of sp³-hybridized carbons (Fsp3) is 0.125. The van der Waals surface area contributed by atoms with Crippen LogP contribution in [0.1, 0.15) is 17.0 Å². The summed E-state index contributed by atoms with van der Waals surface area (Å²) in [4.78, 5) is 30.5. The zero-order chi connectivity index (χ0) is 17.3. The van der Waals surface area contributed by atoms with Crippen LogP contribution in [0.5, 0.6) is 5.88 Å². The Balaban J connectivity index is 2.16. The zero-order valence-corrected chi connectivity index (χ0v) is 13.1. The van der Waals surface area contributed by atoms with Gasteiger partial charge in [-0.15, -0.1) is 0 Å².